The minimum Gasteiger partial charge on any atom is -0.460 e. The third kappa shape index (κ3) is 6.65. The Balaban J connectivity index is 1.15. The summed E-state index contributed by atoms with van der Waals surface area (Å²) in [6.07, 6.45) is 2.63. The van der Waals surface area contributed by atoms with Gasteiger partial charge in [0.25, 0.3) is 0 Å². The summed E-state index contributed by atoms with van der Waals surface area (Å²) in [5.41, 5.74) is 0.270. The fourth-order valence-electron chi connectivity index (χ4n) is 7.08. The molecule has 3 aromatic rings. The maximum atomic E-state index is 14.0. The van der Waals surface area contributed by atoms with E-state index >= 15 is 0 Å². The molecule has 0 bridgehead atoms. The average molecular weight is 610 g/mol. The number of nitrogens with zero attached hydrogens (tertiary/aromatic N) is 2. The van der Waals surface area contributed by atoms with E-state index in [9.17, 15) is 22.8 Å². The van der Waals surface area contributed by atoms with Crippen LogP contribution >= 0.6 is 0 Å². The predicted octanol–water partition coefficient (Wildman–Crippen LogP) is 6.68. The van der Waals surface area contributed by atoms with E-state index in [1.54, 1.807) is 18.2 Å². The second kappa shape index (κ2) is 12.7. The zero-order valence-electron chi connectivity index (χ0n) is 24.7. The van der Waals surface area contributed by atoms with Crippen LogP contribution in [0.5, 0.6) is 5.75 Å². The average Bonchev–Trinajstić information content (AvgIpc) is 3.48. The van der Waals surface area contributed by atoms with Crippen molar-refractivity contribution < 1.29 is 31.9 Å². The molecule has 1 unspecified atom stereocenters. The third-order valence-electron chi connectivity index (χ3n) is 9.39. The first-order valence-corrected chi connectivity index (χ1v) is 15.5. The number of ether oxygens (including phenoxy) is 1. The van der Waals surface area contributed by atoms with Gasteiger partial charge in [-0.1, -0.05) is 74.6 Å². The molecule has 1 aliphatic carbocycles. The highest BCUT2D eigenvalue weighted by molar-refractivity contribution is 6.00. The highest BCUT2D eigenvalue weighted by Crippen LogP contribution is 2.38. The number of para-hydroxylation sites is 1. The number of carbonyl (C=O) groups excluding carboxylic acids is 2. The fourth-order valence-corrected chi connectivity index (χ4v) is 7.08. The first-order chi connectivity index (χ1) is 21.2. The molecule has 1 N–H and O–H groups in total. The Hall–Kier alpha value is -3.79. The SMILES string of the molecule is O=C1C(CC2CCCCC2)NC(=O)C2(CCN(Cc3ccc(-c4ccccc4OC(F)(F)F)o3)CC2)N1Cc1ccccc1. The Kier molecular flexibility index (Phi) is 8.71. The highest BCUT2D eigenvalue weighted by atomic mass is 19.4. The Labute approximate surface area is 255 Å². The van der Waals surface area contributed by atoms with Gasteiger partial charge in [0.05, 0.1) is 12.1 Å². The monoisotopic (exact) mass is 609 g/mol. The van der Waals surface area contributed by atoms with Crippen LogP contribution in [0.25, 0.3) is 11.3 Å². The Bertz CT molecular complexity index is 1440. The summed E-state index contributed by atoms with van der Waals surface area (Å²) < 4.78 is 48.9. The number of furan rings is 1. The van der Waals surface area contributed by atoms with Crippen molar-refractivity contribution >= 4 is 11.8 Å². The molecule has 2 aromatic carbocycles. The lowest BCUT2D eigenvalue weighted by atomic mass is 9.79. The van der Waals surface area contributed by atoms with Crippen molar-refractivity contribution in [1.29, 1.82) is 0 Å². The van der Waals surface area contributed by atoms with Crippen molar-refractivity contribution in [2.75, 3.05) is 13.1 Å². The van der Waals surface area contributed by atoms with E-state index < -0.39 is 17.9 Å². The lowest BCUT2D eigenvalue weighted by molar-refractivity contribution is -0.274. The van der Waals surface area contributed by atoms with Gasteiger partial charge in [-0.05, 0) is 55.0 Å². The first kappa shape index (κ1) is 30.2. The molecule has 3 fully saturated rings. The van der Waals surface area contributed by atoms with Gasteiger partial charge in [0.15, 0.2) is 0 Å². The van der Waals surface area contributed by atoms with E-state index in [4.69, 9.17) is 4.42 Å². The van der Waals surface area contributed by atoms with E-state index in [-0.39, 0.29) is 28.9 Å². The summed E-state index contributed by atoms with van der Waals surface area (Å²) in [6.45, 7) is 1.93. The van der Waals surface area contributed by atoms with Gasteiger partial charge in [-0.15, -0.1) is 13.2 Å². The topological polar surface area (TPSA) is 75.0 Å². The van der Waals surface area contributed by atoms with E-state index in [1.807, 2.05) is 35.2 Å². The number of halogens is 3. The van der Waals surface area contributed by atoms with Crippen LogP contribution in [-0.2, 0) is 22.7 Å². The molecule has 2 amide bonds. The first-order valence-electron chi connectivity index (χ1n) is 15.5. The summed E-state index contributed by atoms with van der Waals surface area (Å²) in [4.78, 5) is 31.9. The molecule has 3 heterocycles. The molecular formula is C34H38F3N3O4. The Morgan fingerprint density at radius 1 is 0.886 bits per heavy atom. The standard InChI is InChI=1S/C34H38F3N3O4/c35-34(36,37)44-30-14-8-7-13-27(30)29-16-15-26(43-29)23-39-19-17-33(18-20-39)32(42)38-28(21-24-9-3-1-4-10-24)31(41)40(33)22-25-11-5-2-6-12-25/h2,5-8,11-16,24,28H,1,3-4,9-10,17-23H2,(H,38,42). The quantitative estimate of drug-likeness (QED) is 0.309. The van der Waals surface area contributed by atoms with Gasteiger partial charge in [0.2, 0.25) is 11.8 Å². The second-order valence-corrected chi connectivity index (χ2v) is 12.3. The van der Waals surface area contributed by atoms with Crippen molar-refractivity contribution in [2.24, 2.45) is 5.92 Å². The van der Waals surface area contributed by atoms with Crippen molar-refractivity contribution in [3.63, 3.8) is 0 Å². The maximum Gasteiger partial charge on any atom is 0.573 e. The number of piperazine rings is 1. The number of amides is 2. The predicted molar refractivity (Wildman–Crippen MR) is 158 cm³/mol. The minimum atomic E-state index is -4.81. The van der Waals surface area contributed by atoms with Crippen LogP contribution in [0.4, 0.5) is 13.2 Å². The molecule has 1 atom stereocenters. The fraction of sp³-hybridized carbons (Fsp3) is 0.471. The number of hydrogen-bond acceptors (Lipinski definition) is 5. The van der Waals surface area contributed by atoms with Crippen molar-refractivity contribution in [3.05, 3.63) is 78.1 Å². The van der Waals surface area contributed by atoms with Crippen molar-refractivity contribution in [1.82, 2.24) is 15.1 Å². The number of piperidine rings is 1. The second-order valence-electron chi connectivity index (χ2n) is 12.3. The smallest absolute Gasteiger partial charge is 0.460 e. The summed E-state index contributed by atoms with van der Waals surface area (Å²) in [6, 6.07) is 18.6. The van der Waals surface area contributed by atoms with Crippen LogP contribution < -0.4 is 10.1 Å². The zero-order valence-corrected chi connectivity index (χ0v) is 24.7. The number of alkyl halides is 3. The van der Waals surface area contributed by atoms with Gasteiger partial charge >= 0.3 is 6.36 Å². The highest BCUT2D eigenvalue weighted by Gasteiger charge is 2.53. The maximum absolute atomic E-state index is 14.0. The van der Waals surface area contributed by atoms with Crippen LogP contribution in [-0.4, -0.2) is 52.6 Å². The number of rotatable bonds is 8. The zero-order chi connectivity index (χ0) is 30.7. The molecule has 3 aliphatic rings. The molecule has 1 saturated carbocycles. The summed E-state index contributed by atoms with van der Waals surface area (Å²) in [5, 5.41) is 3.14. The van der Waals surface area contributed by atoms with E-state index in [2.05, 4.69) is 15.0 Å². The van der Waals surface area contributed by atoms with Gasteiger partial charge in [-0.3, -0.25) is 14.5 Å². The summed E-state index contributed by atoms with van der Waals surface area (Å²) in [5.74, 6) is 0.934. The molecule has 2 saturated heterocycles. The summed E-state index contributed by atoms with van der Waals surface area (Å²) >= 11 is 0. The molecule has 6 rings (SSSR count). The van der Waals surface area contributed by atoms with Crippen LogP contribution in [0.2, 0.25) is 0 Å². The molecule has 0 radical (unpaired) electrons. The number of hydrogen-bond donors (Lipinski definition) is 1. The molecule has 1 aromatic heterocycles. The van der Waals surface area contributed by atoms with Gasteiger partial charge in [-0.25, -0.2) is 0 Å². The van der Waals surface area contributed by atoms with Crippen LogP contribution in [0.3, 0.4) is 0 Å². The van der Waals surface area contributed by atoms with Gasteiger partial charge < -0.3 is 19.4 Å². The van der Waals surface area contributed by atoms with Crippen molar-refractivity contribution in [2.45, 2.75) is 82.4 Å². The van der Waals surface area contributed by atoms with Crippen LogP contribution in [0, 0.1) is 5.92 Å². The van der Waals surface area contributed by atoms with Crippen LogP contribution in [0.15, 0.2) is 71.1 Å². The lowest BCUT2D eigenvalue weighted by Gasteiger charge is -2.52. The van der Waals surface area contributed by atoms with Gasteiger partial charge in [0.1, 0.15) is 28.9 Å². The number of benzene rings is 2. The molecule has 234 valence electrons. The molecule has 7 nitrogen and oxygen atoms in total. The molecule has 1 spiro atoms. The minimum absolute atomic E-state index is 0.00268. The van der Waals surface area contributed by atoms with E-state index in [1.165, 1.54) is 37.5 Å². The van der Waals surface area contributed by atoms with Gasteiger partial charge in [-0.2, -0.15) is 0 Å². The number of nitrogens with one attached hydrogen (secondary N) is 1. The van der Waals surface area contributed by atoms with Crippen LogP contribution in [0.1, 0.15) is 62.7 Å². The van der Waals surface area contributed by atoms with E-state index in [0.717, 1.165) is 18.4 Å². The number of carbonyl (C=O) groups is 2. The molecule has 10 heteroatoms. The van der Waals surface area contributed by atoms with Crippen molar-refractivity contribution in [3.8, 4) is 17.1 Å². The molecular weight excluding hydrogens is 571 g/mol. The largest absolute Gasteiger partial charge is 0.573 e. The van der Waals surface area contributed by atoms with E-state index in [0.29, 0.717) is 57.1 Å². The van der Waals surface area contributed by atoms with Gasteiger partial charge in [0, 0.05) is 19.6 Å². The molecule has 44 heavy (non-hydrogen) atoms. The normalized spacial score (nSPS) is 21.4. The molecule has 2 aliphatic heterocycles. The Morgan fingerprint density at radius 3 is 2.32 bits per heavy atom. The lowest BCUT2D eigenvalue weighted by Crippen LogP contribution is -2.72. The summed E-state index contributed by atoms with van der Waals surface area (Å²) in [7, 11) is 0. The number of likely N-dealkylation sites (tertiary alicyclic amines) is 1. The third-order valence-corrected chi connectivity index (χ3v) is 9.39. The Morgan fingerprint density at radius 2 is 1.59 bits per heavy atom.